The van der Waals surface area contributed by atoms with Gasteiger partial charge in [-0.15, -0.1) is 0 Å². The normalized spacial score (nSPS) is 14.9. The van der Waals surface area contributed by atoms with Gasteiger partial charge in [0, 0.05) is 0 Å². The van der Waals surface area contributed by atoms with Crippen molar-refractivity contribution in [3.63, 3.8) is 0 Å². The van der Waals surface area contributed by atoms with Crippen LogP contribution in [0.1, 0.15) is 18.9 Å². The summed E-state index contributed by atoms with van der Waals surface area (Å²) in [6.45, 7) is 1.47. The fraction of sp³-hybridized carbons (Fsp3) is 0.250. The van der Waals surface area contributed by atoms with Crippen molar-refractivity contribution in [2.45, 2.75) is 18.9 Å². The number of aliphatic carboxylic acids is 1. The van der Waals surface area contributed by atoms with E-state index in [-0.39, 0.29) is 12.2 Å². The second-order valence-electron chi connectivity index (χ2n) is 3.92. The zero-order valence-corrected chi connectivity index (χ0v) is 9.05. The first-order valence-electron chi connectivity index (χ1n) is 4.90. The third-order valence-electron chi connectivity index (χ3n) is 2.23. The van der Waals surface area contributed by atoms with Crippen molar-refractivity contribution in [1.29, 1.82) is 0 Å². The number of carbonyl (C=O) groups is 1. The molecule has 0 aliphatic rings. The molecule has 0 aliphatic carbocycles. The largest absolute Gasteiger partial charge is 0.508 e. The van der Waals surface area contributed by atoms with Crippen molar-refractivity contribution in [2.24, 2.45) is 5.73 Å². The molecule has 86 valence electrons. The number of carboxylic acid groups (broad SMARTS) is 1. The van der Waals surface area contributed by atoms with Crippen molar-refractivity contribution >= 4 is 12.0 Å². The summed E-state index contributed by atoms with van der Waals surface area (Å²) in [4.78, 5) is 10.7. The molecule has 16 heavy (non-hydrogen) atoms. The predicted molar refractivity (Wildman–Crippen MR) is 62.0 cm³/mol. The van der Waals surface area contributed by atoms with Gasteiger partial charge in [0.05, 0.1) is 0 Å². The molecule has 4 N–H and O–H groups in total. The van der Waals surface area contributed by atoms with Gasteiger partial charge in [-0.1, -0.05) is 24.3 Å². The van der Waals surface area contributed by atoms with Gasteiger partial charge in [-0.3, -0.25) is 4.79 Å². The highest BCUT2D eigenvalue weighted by molar-refractivity contribution is 5.78. The Kier molecular flexibility index (Phi) is 3.68. The third kappa shape index (κ3) is 3.40. The molecule has 0 heterocycles. The van der Waals surface area contributed by atoms with E-state index in [0.717, 1.165) is 5.56 Å². The molecule has 0 aromatic heterocycles. The van der Waals surface area contributed by atoms with Gasteiger partial charge in [-0.05, 0) is 31.0 Å². The van der Waals surface area contributed by atoms with E-state index in [1.54, 1.807) is 36.4 Å². The minimum atomic E-state index is -1.24. The average Bonchev–Trinajstić information content (AvgIpc) is 2.20. The Hall–Kier alpha value is -1.81. The molecule has 0 fully saturated rings. The average molecular weight is 221 g/mol. The maximum atomic E-state index is 10.7. The molecule has 0 radical (unpaired) electrons. The number of carboxylic acids is 1. The van der Waals surface area contributed by atoms with E-state index >= 15 is 0 Å². The van der Waals surface area contributed by atoms with Crippen molar-refractivity contribution in [3.8, 4) is 5.75 Å². The van der Waals surface area contributed by atoms with E-state index in [1.807, 2.05) is 0 Å². The maximum absolute atomic E-state index is 10.7. The van der Waals surface area contributed by atoms with Crippen LogP contribution in [0, 0.1) is 0 Å². The summed E-state index contributed by atoms with van der Waals surface area (Å²) in [5.41, 5.74) is 5.20. The summed E-state index contributed by atoms with van der Waals surface area (Å²) in [6, 6.07) is 6.61. The van der Waals surface area contributed by atoms with Crippen LogP contribution < -0.4 is 5.73 Å². The van der Waals surface area contributed by atoms with Crippen LogP contribution >= 0.6 is 0 Å². The minimum Gasteiger partial charge on any atom is -0.508 e. The maximum Gasteiger partial charge on any atom is 0.323 e. The second kappa shape index (κ2) is 4.81. The van der Waals surface area contributed by atoms with Crippen molar-refractivity contribution in [2.75, 3.05) is 0 Å². The van der Waals surface area contributed by atoms with E-state index < -0.39 is 11.5 Å². The molecule has 4 nitrogen and oxygen atoms in total. The first-order valence-corrected chi connectivity index (χ1v) is 4.90. The smallest absolute Gasteiger partial charge is 0.323 e. The minimum absolute atomic E-state index is 0.200. The molecule has 1 aromatic carbocycles. The van der Waals surface area contributed by atoms with E-state index in [1.165, 1.54) is 6.92 Å². The van der Waals surface area contributed by atoms with Gasteiger partial charge in [-0.2, -0.15) is 0 Å². The standard InChI is InChI=1S/C12H15NO3/c1-12(13,11(15)16)8-2-3-9-4-6-10(14)7-5-9/h2-7,14H,8,13H2,1H3,(H,15,16)/b3-2+. The number of hydrogen-bond donors (Lipinski definition) is 3. The molecule has 0 saturated carbocycles. The summed E-state index contributed by atoms with van der Waals surface area (Å²) in [7, 11) is 0. The summed E-state index contributed by atoms with van der Waals surface area (Å²) in [5.74, 6) is -0.825. The van der Waals surface area contributed by atoms with Gasteiger partial charge in [0.25, 0.3) is 0 Å². The quantitative estimate of drug-likeness (QED) is 0.721. The van der Waals surface area contributed by atoms with Gasteiger partial charge in [-0.25, -0.2) is 0 Å². The molecule has 1 unspecified atom stereocenters. The van der Waals surface area contributed by atoms with Crippen molar-refractivity contribution in [1.82, 2.24) is 0 Å². The summed E-state index contributed by atoms with van der Waals surface area (Å²) in [5, 5.41) is 17.8. The number of aromatic hydroxyl groups is 1. The number of nitrogens with two attached hydrogens (primary N) is 1. The van der Waals surface area contributed by atoms with Gasteiger partial charge in [0.2, 0.25) is 0 Å². The zero-order valence-electron chi connectivity index (χ0n) is 9.05. The lowest BCUT2D eigenvalue weighted by atomic mass is 9.99. The van der Waals surface area contributed by atoms with Gasteiger partial charge < -0.3 is 15.9 Å². The molecule has 0 aliphatic heterocycles. The van der Waals surface area contributed by atoms with Crippen LogP contribution in [-0.4, -0.2) is 21.7 Å². The highest BCUT2D eigenvalue weighted by Gasteiger charge is 2.25. The molecule has 1 aromatic rings. The second-order valence-corrected chi connectivity index (χ2v) is 3.92. The molecular formula is C12H15NO3. The van der Waals surface area contributed by atoms with Crippen LogP contribution in [0.3, 0.4) is 0 Å². The molecule has 1 atom stereocenters. The molecule has 1 rings (SSSR count). The first-order chi connectivity index (χ1) is 7.42. The monoisotopic (exact) mass is 221 g/mol. The van der Waals surface area contributed by atoms with E-state index in [9.17, 15) is 4.79 Å². The SMILES string of the molecule is CC(N)(C/C=C/c1ccc(O)cc1)C(=O)O. The lowest BCUT2D eigenvalue weighted by Gasteiger charge is -2.16. The molecule has 0 saturated heterocycles. The van der Waals surface area contributed by atoms with Crippen LogP contribution in [0.25, 0.3) is 6.08 Å². The van der Waals surface area contributed by atoms with Crippen molar-refractivity contribution < 1.29 is 15.0 Å². The van der Waals surface area contributed by atoms with Gasteiger partial charge in [0.15, 0.2) is 0 Å². The van der Waals surface area contributed by atoms with Crippen LogP contribution in [0.4, 0.5) is 0 Å². The summed E-state index contributed by atoms with van der Waals surface area (Å²) >= 11 is 0. The zero-order chi connectivity index (χ0) is 12.2. The molecular weight excluding hydrogens is 206 g/mol. The molecule has 0 spiro atoms. The number of benzene rings is 1. The number of hydrogen-bond acceptors (Lipinski definition) is 3. The Morgan fingerprint density at radius 1 is 1.44 bits per heavy atom. The van der Waals surface area contributed by atoms with Crippen LogP contribution in [0.15, 0.2) is 30.3 Å². The Morgan fingerprint density at radius 3 is 2.50 bits per heavy atom. The van der Waals surface area contributed by atoms with Crippen molar-refractivity contribution in [3.05, 3.63) is 35.9 Å². The van der Waals surface area contributed by atoms with E-state index in [4.69, 9.17) is 15.9 Å². The highest BCUT2D eigenvalue weighted by atomic mass is 16.4. The van der Waals surface area contributed by atoms with E-state index in [2.05, 4.69) is 0 Å². The molecule has 4 heteroatoms. The molecule has 0 bridgehead atoms. The van der Waals surface area contributed by atoms with E-state index in [0.29, 0.717) is 0 Å². The Balaban J connectivity index is 2.62. The summed E-state index contributed by atoms with van der Waals surface area (Å²) < 4.78 is 0. The fourth-order valence-corrected chi connectivity index (χ4v) is 1.11. The highest BCUT2D eigenvalue weighted by Crippen LogP contribution is 2.13. The predicted octanol–water partition coefficient (Wildman–Crippen LogP) is 1.60. The van der Waals surface area contributed by atoms with Crippen LogP contribution in [0.5, 0.6) is 5.75 Å². The topological polar surface area (TPSA) is 83.5 Å². The van der Waals surface area contributed by atoms with Crippen LogP contribution in [0.2, 0.25) is 0 Å². The number of phenols is 1. The first kappa shape index (κ1) is 12.3. The Bertz CT molecular complexity index is 393. The number of phenolic OH excluding ortho intramolecular Hbond substituents is 1. The lowest BCUT2D eigenvalue weighted by molar-refractivity contribution is -0.142. The number of rotatable bonds is 4. The van der Waals surface area contributed by atoms with Gasteiger partial charge >= 0.3 is 5.97 Å². The molecule has 0 amide bonds. The Morgan fingerprint density at radius 2 is 2.00 bits per heavy atom. The van der Waals surface area contributed by atoms with Gasteiger partial charge in [0.1, 0.15) is 11.3 Å². The fourth-order valence-electron chi connectivity index (χ4n) is 1.11. The Labute approximate surface area is 94.0 Å². The third-order valence-corrected chi connectivity index (χ3v) is 2.23. The van der Waals surface area contributed by atoms with Crippen LogP contribution in [-0.2, 0) is 4.79 Å². The lowest BCUT2D eigenvalue weighted by Crippen LogP contribution is -2.44. The summed E-state index contributed by atoms with van der Waals surface area (Å²) in [6.07, 6.45) is 3.73.